The number of nitrogens with zero attached hydrogens (tertiary/aromatic N) is 1. The fourth-order valence-corrected chi connectivity index (χ4v) is 3.09. The van der Waals surface area contributed by atoms with Gasteiger partial charge >= 0.3 is 0 Å². The average molecular weight is 305 g/mol. The van der Waals surface area contributed by atoms with Crippen molar-refractivity contribution in [3.63, 3.8) is 0 Å². The highest BCUT2D eigenvalue weighted by Gasteiger charge is 2.18. The summed E-state index contributed by atoms with van der Waals surface area (Å²) in [6.07, 6.45) is 0.918. The van der Waals surface area contributed by atoms with E-state index in [9.17, 15) is 8.42 Å². The van der Waals surface area contributed by atoms with Crippen LogP contribution >= 0.6 is 0 Å². The zero-order valence-corrected chi connectivity index (χ0v) is 12.9. The molecule has 0 fully saturated rings. The molecule has 0 bridgehead atoms. The minimum absolute atomic E-state index is 0.224. The number of aromatic nitrogens is 1. The van der Waals surface area contributed by atoms with Crippen molar-refractivity contribution in [3.05, 3.63) is 48.2 Å². The Morgan fingerprint density at radius 3 is 2.57 bits per heavy atom. The third kappa shape index (κ3) is 3.95. The van der Waals surface area contributed by atoms with Gasteiger partial charge in [-0.1, -0.05) is 25.1 Å². The van der Waals surface area contributed by atoms with Gasteiger partial charge in [-0.2, -0.15) is 0 Å². The number of rotatable bonds is 6. The molecule has 0 unspecified atom stereocenters. The van der Waals surface area contributed by atoms with E-state index in [2.05, 4.69) is 15.0 Å². The predicted octanol–water partition coefficient (Wildman–Crippen LogP) is 3.01. The van der Waals surface area contributed by atoms with Crippen LogP contribution < -0.4 is 10.0 Å². The van der Waals surface area contributed by atoms with Gasteiger partial charge in [0.15, 0.2) is 0 Å². The summed E-state index contributed by atoms with van der Waals surface area (Å²) >= 11 is 0. The van der Waals surface area contributed by atoms with E-state index < -0.39 is 10.0 Å². The lowest BCUT2D eigenvalue weighted by Crippen LogP contribution is -2.16. The molecule has 0 aliphatic heterocycles. The maximum atomic E-state index is 12.5. The zero-order valence-electron chi connectivity index (χ0n) is 12.1. The van der Waals surface area contributed by atoms with E-state index in [1.54, 1.807) is 30.3 Å². The Bertz CT molecular complexity index is 714. The molecule has 0 aliphatic carbocycles. The van der Waals surface area contributed by atoms with Crippen molar-refractivity contribution < 1.29 is 8.42 Å². The number of aryl methyl sites for hydroxylation is 1. The van der Waals surface area contributed by atoms with Gasteiger partial charge in [0.1, 0.15) is 10.7 Å². The summed E-state index contributed by atoms with van der Waals surface area (Å²) in [5, 5.41) is 3.13. The second kappa shape index (κ2) is 6.58. The lowest BCUT2D eigenvalue weighted by Gasteiger charge is -2.13. The van der Waals surface area contributed by atoms with E-state index >= 15 is 0 Å². The molecule has 1 heterocycles. The number of nitrogens with one attached hydrogen (secondary N) is 2. The van der Waals surface area contributed by atoms with Gasteiger partial charge in [0.25, 0.3) is 10.0 Å². The van der Waals surface area contributed by atoms with Gasteiger partial charge < -0.3 is 5.32 Å². The molecular weight excluding hydrogens is 286 g/mol. The molecule has 0 spiro atoms. The monoisotopic (exact) mass is 305 g/mol. The Hall–Kier alpha value is -2.08. The summed E-state index contributed by atoms with van der Waals surface area (Å²) in [5.74, 6) is 0.320. The lowest BCUT2D eigenvalue weighted by molar-refractivity contribution is 0.601. The molecule has 5 nitrogen and oxygen atoms in total. The fraction of sp³-hybridized carbons (Fsp3) is 0.267. The van der Waals surface area contributed by atoms with Crippen LogP contribution in [-0.4, -0.2) is 19.9 Å². The topological polar surface area (TPSA) is 71.1 Å². The quantitative estimate of drug-likeness (QED) is 0.860. The van der Waals surface area contributed by atoms with Crippen molar-refractivity contribution >= 4 is 21.5 Å². The SMILES string of the molecule is CCCNc1ccccc1S(=O)(=O)Nc1cccc(C)n1. The van der Waals surface area contributed by atoms with E-state index in [-0.39, 0.29) is 4.90 Å². The molecule has 2 N–H and O–H groups in total. The predicted molar refractivity (Wildman–Crippen MR) is 85.0 cm³/mol. The molecule has 0 radical (unpaired) electrons. The lowest BCUT2D eigenvalue weighted by atomic mass is 10.3. The van der Waals surface area contributed by atoms with Crippen LogP contribution in [0.15, 0.2) is 47.4 Å². The highest BCUT2D eigenvalue weighted by molar-refractivity contribution is 7.92. The maximum Gasteiger partial charge on any atom is 0.265 e. The molecule has 0 amide bonds. The summed E-state index contributed by atoms with van der Waals surface area (Å²) in [7, 11) is -3.67. The van der Waals surface area contributed by atoms with Crippen LogP contribution in [0.1, 0.15) is 19.0 Å². The average Bonchev–Trinajstić information content (AvgIpc) is 2.45. The standard InChI is InChI=1S/C15H19N3O2S/c1-3-11-16-13-8-4-5-9-14(13)21(19,20)18-15-10-6-7-12(2)17-15/h4-10,16H,3,11H2,1-2H3,(H,17,18). The van der Waals surface area contributed by atoms with Crippen LogP contribution in [-0.2, 0) is 10.0 Å². The molecule has 6 heteroatoms. The first-order valence-corrected chi connectivity index (χ1v) is 8.30. The Morgan fingerprint density at radius 2 is 1.86 bits per heavy atom. The minimum atomic E-state index is -3.67. The molecule has 0 saturated carbocycles. The first-order chi connectivity index (χ1) is 10.0. The van der Waals surface area contributed by atoms with Crippen molar-refractivity contribution in [2.24, 2.45) is 0 Å². The van der Waals surface area contributed by atoms with Crippen LogP contribution in [0, 0.1) is 6.92 Å². The molecule has 0 atom stereocenters. The summed E-state index contributed by atoms with van der Waals surface area (Å²) in [5.41, 5.74) is 1.35. The minimum Gasteiger partial charge on any atom is -0.384 e. The van der Waals surface area contributed by atoms with E-state index in [0.29, 0.717) is 11.5 Å². The van der Waals surface area contributed by atoms with E-state index in [0.717, 1.165) is 18.7 Å². The van der Waals surface area contributed by atoms with Crippen molar-refractivity contribution in [1.82, 2.24) is 4.98 Å². The van der Waals surface area contributed by atoms with Crippen molar-refractivity contribution in [3.8, 4) is 0 Å². The van der Waals surface area contributed by atoms with Crippen molar-refractivity contribution in [2.75, 3.05) is 16.6 Å². The van der Waals surface area contributed by atoms with Crippen LogP contribution in [0.2, 0.25) is 0 Å². The van der Waals surface area contributed by atoms with Crippen LogP contribution in [0.4, 0.5) is 11.5 Å². The Morgan fingerprint density at radius 1 is 1.10 bits per heavy atom. The molecule has 1 aromatic carbocycles. The second-order valence-electron chi connectivity index (χ2n) is 4.69. The largest absolute Gasteiger partial charge is 0.384 e. The molecule has 112 valence electrons. The fourth-order valence-electron chi connectivity index (χ4n) is 1.90. The van der Waals surface area contributed by atoms with Crippen molar-refractivity contribution in [2.45, 2.75) is 25.2 Å². The molecule has 2 rings (SSSR count). The summed E-state index contributed by atoms with van der Waals surface area (Å²) < 4.78 is 27.5. The smallest absolute Gasteiger partial charge is 0.265 e. The molecule has 2 aromatic rings. The highest BCUT2D eigenvalue weighted by Crippen LogP contribution is 2.23. The van der Waals surface area contributed by atoms with Gasteiger partial charge in [-0.3, -0.25) is 4.72 Å². The third-order valence-corrected chi connectivity index (χ3v) is 4.28. The number of benzene rings is 1. The highest BCUT2D eigenvalue weighted by atomic mass is 32.2. The number of para-hydroxylation sites is 1. The Labute approximate surface area is 125 Å². The van der Waals surface area contributed by atoms with E-state index in [1.807, 2.05) is 26.0 Å². The molecule has 1 aromatic heterocycles. The van der Waals surface area contributed by atoms with Gasteiger partial charge in [-0.05, 0) is 37.6 Å². The summed E-state index contributed by atoms with van der Waals surface area (Å²) in [6.45, 7) is 4.56. The van der Waals surface area contributed by atoms with Gasteiger partial charge in [-0.25, -0.2) is 13.4 Å². The van der Waals surface area contributed by atoms with Crippen molar-refractivity contribution in [1.29, 1.82) is 0 Å². The molecule has 0 saturated heterocycles. The van der Waals surface area contributed by atoms with Crippen LogP contribution in [0.5, 0.6) is 0 Å². The first kappa shape index (κ1) is 15.3. The molecule has 21 heavy (non-hydrogen) atoms. The van der Waals surface area contributed by atoms with Gasteiger partial charge in [0.2, 0.25) is 0 Å². The van der Waals surface area contributed by atoms with Crippen LogP contribution in [0.3, 0.4) is 0 Å². The number of pyridine rings is 1. The number of anilines is 2. The number of hydrogen-bond donors (Lipinski definition) is 2. The molecular formula is C15H19N3O2S. The van der Waals surface area contributed by atoms with Crippen LogP contribution in [0.25, 0.3) is 0 Å². The number of sulfonamides is 1. The van der Waals surface area contributed by atoms with E-state index in [4.69, 9.17) is 0 Å². The zero-order chi connectivity index (χ0) is 15.3. The molecule has 0 aliphatic rings. The first-order valence-electron chi connectivity index (χ1n) is 6.82. The maximum absolute atomic E-state index is 12.5. The Balaban J connectivity index is 2.31. The summed E-state index contributed by atoms with van der Waals surface area (Å²) in [4.78, 5) is 4.39. The van der Waals surface area contributed by atoms with Gasteiger partial charge in [-0.15, -0.1) is 0 Å². The number of hydrogen-bond acceptors (Lipinski definition) is 4. The normalized spacial score (nSPS) is 11.1. The van der Waals surface area contributed by atoms with Gasteiger partial charge in [0, 0.05) is 12.2 Å². The van der Waals surface area contributed by atoms with E-state index in [1.165, 1.54) is 0 Å². The second-order valence-corrected chi connectivity index (χ2v) is 6.34. The Kier molecular flexibility index (Phi) is 4.80. The summed E-state index contributed by atoms with van der Waals surface area (Å²) in [6, 6.07) is 12.1. The van der Waals surface area contributed by atoms with Gasteiger partial charge in [0.05, 0.1) is 5.69 Å². The third-order valence-electron chi connectivity index (χ3n) is 2.87.